The molecule has 1 aliphatic carbocycles. The van der Waals surface area contributed by atoms with E-state index in [0.717, 1.165) is 29.4 Å². The molecule has 0 unspecified atom stereocenters. The first-order chi connectivity index (χ1) is 10.8. The number of rotatable bonds is 2. The summed E-state index contributed by atoms with van der Waals surface area (Å²) < 4.78 is 5.56. The van der Waals surface area contributed by atoms with Crippen LogP contribution in [-0.2, 0) is 0 Å². The summed E-state index contributed by atoms with van der Waals surface area (Å²) in [6, 6.07) is 2.65. The van der Waals surface area contributed by atoms with Gasteiger partial charge in [-0.3, -0.25) is 0 Å². The SMILES string of the molecule is CNC1CCC(C2=CB(O)Oc3cnc4[nH]ccc4c32)CC1. The summed E-state index contributed by atoms with van der Waals surface area (Å²) in [7, 11) is 1.16. The van der Waals surface area contributed by atoms with E-state index < -0.39 is 7.12 Å². The van der Waals surface area contributed by atoms with Crippen molar-refractivity contribution < 1.29 is 9.68 Å². The van der Waals surface area contributed by atoms with Crippen molar-refractivity contribution in [3.63, 3.8) is 0 Å². The van der Waals surface area contributed by atoms with Crippen LogP contribution in [0.15, 0.2) is 24.4 Å². The fraction of sp³-hybridized carbons (Fsp3) is 0.438. The average molecular weight is 297 g/mol. The monoisotopic (exact) mass is 297 g/mol. The smallest absolute Gasteiger partial charge is 0.531 e. The molecule has 0 atom stereocenters. The number of aromatic nitrogens is 2. The standard InChI is InChI=1S/C16H20BN3O2/c1-18-11-4-2-10(3-5-11)13-8-17(21)22-14-9-20-16-12(15(13)14)6-7-19-16/h6-11,18,21H,2-5H2,1H3,(H,19,20). The van der Waals surface area contributed by atoms with Crippen LogP contribution < -0.4 is 9.97 Å². The van der Waals surface area contributed by atoms with Gasteiger partial charge >= 0.3 is 7.12 Å². The summed E-state index contributed by atoms with van der Waals surface area (Å²) in [6.07, 6.45) is 8.23. The second-order valence-corrected chi connectivity index (χ2v) is 6.21. The Morgan fingerprint density at radius 1 is 1.36 bits per heavy atom. The van der Waals surface area contributed by atoms with Crippen LogP contribution in [0.1, 0.15) is 31.2 Å². The molecule has 2 aliphatic rings. The zero-order valence-corrected chi connectivity index (χ0v) is 12.7. The van der Waals surface area contributed by atoms with Crippen LogP contribution in [0.25, 0.3) is 16.6 Å². The minimum Gasteiger partial charge on any atom is -0.531 e. The minimum absolute atomic E-state index is 0.474. The van der Waals surface area contributed by atoms with Gasteiger partial charge in [-0.25, -0.2) is 4.98 Å². The maximum atomic E-state index is 10.0. The van der Waals surface area contributed by atoms with Gasteiger partial charge in [0.15, 0.2) is 0 Å². The maximum absolute atomic E-state index is 10.0. The lowest BCUT2D eigenvalue weighted by Gasteiger charge is -2.32. The van der Waals surface area contributed by atoms with Gasteiger partial charge in [-0.15, -0.1) is 0 Å². The van der Waals surface area contributed by atoms with E-state index in [1.165, 1.54) is 18.4 Å². The Hall–Kier alpha value is -1.79. The lowest BCUT2D eigenvalue weighted by atomic mass is 9.72. The van der Waals surface area contributed by atoms with Crippen LogP contribution in [0.2, 0.25) is 0 Å². The molecular formula is C16H20BN3O2. The van der Waals surface area contributed by atoms with Gasteiger partial charge in [-0.2, -0.15) is 0 Å². The molecule has 3 N–H and O–H groups in total. The molecule has 0 saturated heterocycles. The van der Waals surface area contributed by atoms with Crippen LogP contribution in [0, 0.1) is 5.92 Å². The van der Waals surface area contributed by atoms with E-state index in [9.17, 15) is 5.02 Å². The first-order valence-electron chi connectivity index (χ1n) is 7.96. The lowest BCUT2D eigenvalue weighted by molar-refractivity contribution is 0.346. The molecular weight excluding hydrogens is 277 g/mol. The number of H-pyrrole nitrogens is 1. The molecule has 0 radical (unpaired) electrons. The quantitative estimate of drug-likeness (QED) is 0.743. The minimum atomic E-state index is -0.872. The summed E-state index contributed by atoms with van der Waals surface area (Å²) in [6.45, 7) is 0. The second-order valence-electron chi connectivity index (χ2n) is 6.21. The van der Waals surface area contributed by atoms with E-state index in [0.29, 0.717) is 17.7 Å². The van der Waals surface area contributed by atoms with Gasteiger partial charge in [-0.05, 0) is 56.3 Å². The van der Waals surface area contributed by atoms with Crippen LogP contribution >= 0.6 is 0 Å². The average Bonchev–Trinajstić information content (AvgIpc) is 3.02. The molecule has 114 valence electrons. The summed E-state index contributed by atoms with van der Waals surface area (Å²) in [5.74, 6) is 3.04. The van der Waals surface area contributed by atoms with Crippen molar-refractivity contribution in [2.24, 2.45) is 5.92 Å². The number of nitrogens with zero attached hydrogens (tertiary/aromatic N) is 1. The van der Waals surface area contributed by atoms with Gasteiger partial charge in [0.1, 0.15) is 11.4 Å². The molecule has 1 saturated carbocycles. The Labute approximate surface area is 129 Å². The Kier molecular flexibility index (Phi) is 3.43. The third-order valence-electron chi connectivity index (χ3n) is 4.99. The fourth-order valence-electron chi connectivity index (χ4n) is 3.81. The molecule has 22 heavy (non-hydrogen) atoms. The van der Waals surface area contributed by atoms with E-state index in [1.54, 1.807) is 6.20 Å². The van der Waals surface area contributed by atoms with Crippen LogP contribution in [0.3, 0.4) is 0 Å². The van der Waals surface area contributed by atoms with Crippen molar-refractivity contribution in [2.75, 3.05) is 7.05 Å². The molecule has 1 fully saturated rings. The third kappa shape index (κ3) is 2.23. The fourth-order valence-corrected chi connectivity index (χ4v) is 3.81. The highest BCUT2D eigenvalue weighted by Gasteiger charge is 2.32. The third-order valence-corrected chi connectivity index (χ3v) is 4.99. The summed E-state index contributed by atoms with van der Waals surface area (Å²) in [4.78, 5) is 7.52. The highest BCUT2D eigenvalue weighted by Crippen LogP contribution is 2.43. The van der Waals surface area contributed by atoms with E-state index in [4.69, 9.17) is 4.65 Å². The summed E-state index contributed by atoms with van der Waals surface area (Å²) >= 11 is 0. The topological polar surface area (TPSA) is 70.2 Å². The lowest BCUT2D eigenvalue weighted by Crippen LogP contribution is -2.32. The van der Waals surface area contributed by atoms with Crippen LogP contribution in [-0.4, -0.2) is 35.2 Å². The molecule has 0 amide bonds. The molecule has 3 heterocycles. The molecule has 1 aliphatic heterocycles. The zero-order valence-electron chi connectivity index (χ0n) is 12.7. The zero-order chi connectivity index (χ0) is 15.1. The van der Waals surface area contributed by atoms with Crippen LogP contribution in [0.4, 0.5) is 0 Å². The number of allylic oxidation sites excluding steroid dienone is 1. The summed E-state index contributed by atoms with van der Waals surface area (Å²) in [5.41, 5.74) is 3.19. The van der Waals surface area contributed by atoms with Gasteiger partial charge in [0.25, 0.3) is 0 Å². The van der Waals surface area contributed by atoms with Gasteiger partial charge < -0.3 is 20.0 Å². The largest absolute Gasteiger partial charge is 0.552 e. The molecule has 5 nitrogen and oxygen atoms in total. The number of aromatic amines is 1. The van der Waals surface area contributed by atoms with Crippen molar-refractivity contribution in [3.8, 4) is 5.75 Å². The number of pyridine rings is 1. The van der Waals surface area contributed by atoms with Crippen molar-refractivity contribution >= 4 is 23.7 Å². The highest BCUT2D eigenvalue weighted by molar-refractivity contribution is 6.52. The molecule has 4 rings (SSSR count). The van der Waals surface area contributed by atoms with Crippen molar-refractivity contribution in [1.82, 2.24) is 15.3 Å². The number of nitrogens with one attached hydrogen (secondary N) is 2. The van der Waals surface area contributed by atoms with Gasteiger partial charge in [0.2, 0.25) is 0 Å². The van der Waals surface area contributed by atoms with E-state index >= 15 is 0 Å². The number of fused-ring (bicyclic) bond motifs is 3. The number of hydrogen-bond acceptors (Lipinski definition) is 4. The molecule has 0 bridgehead atoms. The predicted molar refractivity (Wildman–Crippen MR) is 87.5 cm³/mol. The molecule has 2 aromatic heterocycles. The second kappa shape index (κ2) is 5.45. The predicted octanol–water partition coefficient (Wildman–Crippen LogP) is 2.14. The van der Waals surface area contributed by atoms with Gasteiger partial charge in [0.05, 0.1) is 6.20 Å². The molecule has 6 heteroatoms. The van der Waals surface area contributed by atoms with Crippen LogP contribution in [0.5, 0.6) is 5.75 Å². The normalized spacial score (nSPS) is 24.8. The Morgan fingerprint density at radius 3 is 2.95 bits per heavy atom. The Morgan fingerprint density at radius 2 is 2.18 bits per heavy atom. The van der Waals surface area contributed by atoms with E-state index in [2.05, 4.69) is 15.3 Å². The first-order valence-corrected chi connectivity index (χ1v) is 7.96. The number of hydrogen-bond donors (Lipinski definition) is 3. The summed E-state index contributed by atoms with van der Waals surface area (Å²) in [5, 5.41) is 14.5. The van der Waals surface area contributed by atoms with Crippen molar-refractivity contribution in [2.45, 2.75) is 31.7 Å². The Bertz CT molecular complexity index is 719. The van der Waals surface area contributed by atoms with E-state index in [1.807, 2.05) is 25.3 Å². The molecule has 2 aromatic rings. The molecule has 0 aromatic carbocycles. The van der Waals surface area contributed by atoms with Crippen molar-refractivity contribution in [1.29, 1.82) is 0 Å². The van der Waals surface area contributed by atoms with Gasteiger partial charge in [0, 0.05) is 23.2 Å². The van der Waals surface area contributed by atoms with Crippen molar-refractivity contribution in [3.05, 3.63) is 30.0 Å². The Balaban J connectivity index is 1.75. The van der Waals surface area contributed by atoms with E-state index in [-0.39, 0.29) is 0 Å². The first kappa shape index (κ1) is 13.8. The van der Waals surface area contributed by atoms with Gasteiger partial charge in [-0.1, -0.05) is 0 Å². The highest BCUT2D eigenvalue weighted by atomic mass is 16.5. The maximum Gasteiger partial charge on any atom is 0.552 e. The molecule has 0 spiro atoms.